The minimum absolute atomic E-state index is 0.113. The van der Waals surface area contributed by atoms with E-state index < -0.39 is 46.7 Å². The third-order valence-electron chi connectivity index (χ3n) is 5.42. The predicted octanol–water partition coefficient (Wildman–Crippen LogP) is 5.13. The Morgan fingerprint density at radius 1 is 1.03 bits per heavy atom. The monoisotopic (exact) mass is 512 g/mol. The molecule has 0 radical (unpaired) electrons. The number of alkyl halides is 6. The molecule has 0 aliphatic rings. The first kappa shape index (κ1) is 25.0. The van der Waals surface area contributed by atoms with Crippen molar-refractivity contribution in [2.24, 2.45) is 0 Å². The second-order valence-corrected chi connectivity index (χ2v) is 8.25. The van der Waals surface area contributed by atoms with Gasteiger partial charge in [0.2, 0.25) is 0 Å². The summed E-state index contributed by atoms with van der Waals surface area (Å²) in [6.45, 7) is 4.18. The van der Waals surface area contributed by atoms with Crippen molar-refractivity contribution in [1.29, 1.82) is 0 Å². The molecular weight excluding hydrogens is 494 g/mol. The highest BCUT2D eigenvalue weighted by atomic mass is 19.4. The van der Waals surface area contributed by atoms with Crippen molar-refractivity contribution >= 4 is 17.4 Å². The third-order valence-corrected chi connectivity index (χ3v) is 5.42. The van der Waals surface area contributed by atoms with Gasteiger partial charge in [-0.3, -0.25) is 14.7 Å². The summed E-state index contributed by atoms with van der Waals surface area (Å²) in [5, 5.41) is 11.0. The molecule has 3 heterocycles. The lowest BCUT2D eigenvalue weighted by molar-refractivity contribution is -0.142. The van der Waals surface area contributed by atoms with Crippen molar-refractivity contribution in [2.75, 3.05) is 5.32 Å². The van der Waals surface area contributed by atoms with E-state index in [1.807, 2.05) is 0 Å². The van der Waals surface area contributed by atoms with Gasteiger partial charge in [-0.25, -0.2) is 0 Å². The number of H-pyrrole nitrogens is 2. The van der Waals surface area contributed by atoms with Crippen molar-refractivity contribution in [3.05, 3.63) is 68.9 Å². The van der Waals surface area contributed by atoms with E-state index in [0.29, 0.717) is 4.52 Å². The van der Waals surface area contributed by atoms with E-state index in [1.165, 1.54) is 45.0 Å². The number of aromatic amines is 2. The second-order valence-electron chi connectivity index (χ2n) is 8.25. The third kappa shape index (κ3) is 4.22. The summed E-state index contributed by atoms with van der Waals surface area (Å²) >= 11 is 0. The van der Waals surface area contributed by atoms with Crippen LogP contribution in [0.25, 0.3) is 16.8 Å². The first-order valence-electron chi connectivity index (χ1n) is 10.5. The average molecular weight is 512 g/mol. The number of nitrogens with one attached hydrogen (secondary N) is 3. The molecule has 4 aromatic rings. The molecule has 0 spiro atoms. The molecule has 0 bridgehead atoms. The van der Waals surface area contributed by atoms with Crippen molar-refractivity contribution in [3.63, 3.8) is 0 Å². The van der Waals surface area contributed by atoms with Crippen molar-refractivity contribution in [2.45, 2.75) is 39.0 Å². The zero-order chi connectivity index (χ0) is 26.6. The Morgan fingerprint density at radius 3 is 2.19 bits per heavy atom. The molecule has 3 aromatic heterocycles. The fourth-order valence-electron chi connectivity index (χ4n) is 3.93. The molecule has 8 nitrogen and oxygen atoms in total. The molecule has 3 N–H and O–H groups in total. The van der Waals surface area contributed by atoms with E-state index >= 15 is 0 Å². The Bertz CT molecular complexity index is 1510. The van der Waals surface area contributed by atoms with Crippen LogP contribution in [-0.2, 0) is 12.4 Å². The number of carbonyl (C=O) groups is 1. The van der Waals surface area contributed by atoms with Crippen LogP contribution in [0.15, 0.2) is 35.1 Å². The van der Waals surface area contributed by atoms with Crippen LogP contribution >= 0.6 is 0 Å². The number of hydrogen-bond acceptors (Lipinski definition) is 4. The van der Waals surface area contributed by atoms with E-state index in [4.69, 9.17) is 0 Å². The molecule has 36 heavy (non-hydrogen) atoms. The average Bonchev–Trinajstić information content (AvgIpc) is 3.36. The molecular formula is C22H18F6N6O2. The standard InChI is InChI=1S/C22H18F6N6O2/c1-9(2)12-15(21(23,24)25)31-32-17(12)30-19(35)13-10(3)29-18-14(11-7-5-4-6-8-11)16(22(26,27)28)33-34(18)20(13)36/h4-9,29H,1-3H3,(H2,30,31,32,35). The highest BCUT2D eigenvalue weighted by molar-refractivity contribution is 6.05. The Labute approximate surface area is 198 Å². The molecule has 4 rings (SSSR count). The van der Waals surface area contributed by atoms with Crippen LogP contribution in [0.1, 0.15) is 52.8 Å². The first-order chi connectivity index (χ1) is 16.7. The highest BCUT2D eigenvalue weighted by Gasteiger charge is 2.41. The smallest absolute Gasteiger partial charge is 0.342 e. The number of aromatic nitrogens is 5. The molecule has 0 aliphatic heterocycles. The van der Waals surface area contributed by atoms with Crippen molar-refractivity contribution in [1.82, 2.24) is 24.8 Å². The summed E-state index contributed by atoms with van der Waals surface area (Å²) in [5.74, 6) is -2.26. The minimum atomic E-state index is -4.93. The molecule has 0 unspecified atom stereocenters. The van der Waals surface area contributed by atoms with Gasteiger partial charge in [-0.05, 0) is 18.4 Å². The van der Waals surface area contributed by atoms with Crippen LogP contribution in [0.2, 0.25) is 0 Å². The fraction of sp³-hybridized carbons (Fsp3) is 0.273. The van der Waals surface area contributed by atoms with E-state index in [2.05, 4.69) is 25.6 Å². The van der Waals surface area contributed by atoms with Gasteiger partial charge in [-0.2, -0.15) is 41.1 Å². The molecule has 1 amide bonds. The number of fused-ring (bicyclic) bond motifs is 1. The lowest BCUT2D eigenvalue weighted by atomic mass is 10.0. The number of aryl methyl sites for hydroxylation is 1. The summed E-state index contributed by atoms with van der Waals surface area (Å²) < 4.78 is 81.7. The molecule has 0 saturated carbocycles. The maximum Gasteiger partial charge on any atom is 0.435 e. The summed E-state index contributed by atoms with van der Waals surface area (Å²) in [7, 11) is 0. The van der Waals surface area contributed by atoms with Gasteiger partial charge in [-0.15, -0.1) is 0 Å². The summed E-state index contributed by atoms with van der Waals surface area (Å²) in [4.78, 5) is 28.7. The maximum absolute atomic E-state index is 13.8. The molecule has 0 saturated heterocycles. The summed E-state index contributed by atoms with van der Waals surface area (Å²) in [6, 6.07) is 7.44. The number of hydrogen-bond donors (Lipinski definition) is 3. The quantitative estimate of drug-likeness (QED) is 0.329. The van der Waals surface area contributed by atoms with Crippen LogP contribution in [0.5, 0.6) is 0 Å². The summed E-state index contributed by atoms with van der Waals surface area (Å²) in [6.07, 6.45) is -9.73. The van der Waals surface area contributed by atoms with Crippen molar-refractivity contribution in [3.8, 4) is 11.1 Å². The van der Waals surface area contributed by atoms with Gasteiger partial charge in [0.05, 0.1) is 5.56 Å². The maximum atomic E-state index is 13.8. The minimum Gasteiger partial charge on any atom is -0.342 e. The van der Waals surface area contributed by atoms with Crippen LogP contribution in [-0.4, -0.2) is 30.7 Å². The van der Waals surface area contributed by atoms with Crippen LogP contribution in [0, 0.1) is 6.92 Å². The molecule has 0 fully saturated rings. The molecule has 14 heteroatoms. The number of nitrogens with zero attached hydrogens (tertiary/aromatic N) is 3. The molecule has 0 atom stereocenters. The Morgan fingerprint density at radius 2 is 1.64 bits per heavy atom. The van der Waals surface area contributed by atoms with Gasteiger partial charge in [0, 0.05) is 11.3 Å². The van der Waals surface area contributed by atoms with E-state index in [0.717, 1.165) is 0 Å². The number of halogens is 6. The zero-order valence-electron chi connectivity index (χ0n) is 18.9. The predicted molar refractivity (Wildman–Crippen MR) is 117 cm³/mol. The SMILES string of the molecule is Cc1[nH]c2c(-c3ccccc3)c(C(F)(F)F)nn2c(=O)c1C(=O)Nc1[nH]nc(C(F)(F)F)c1C(C)C. The van der Waals surface area contributed by atoms with Crippen LogP contribution in [0.3, 0.4) is 0 Å². The van der Waals surface area contributed by atoms with Gasteiger partial charge >= 0.3 is 12.4 Å². The zero-order valence-corrected chi connectivity index (χ0v) is 18.9. The van der Waals surface area contributed by atoms with Crippen LogP contribution in [0.4, 0.5) is 32.2 Å². The number of benzene rings is 1. The first-order valence-corrected chi connectivity index (χ1v) is 10.5. The van der Waals surface area contributed by atoms with Gasteiger partial charge in [-0.1, -0.05) is 44.2 Å². The lowest BCUT2D eigenvalue weighted by Crippen LogP contribution is -2.29. The molecule has 190 valence electrons. The topological polar surface area (TPSA) is 108 Å². The Balaban J connectivity index is 1.87. The van der Waals surface area contributed by atoms with Crippen molar-refractivity contribution < 1.29 is 31.1 Å². The lowest BCUT2D eigenvalue weighted by Gasteiger charge is -2.12. The molecule has 1 aromatic carbocycles. The normalized spacial score (nSPS) is 12.5. The van der Waals surface area contributed by atoms with Gasteiger partial charge in [0.25, 0.3) is 11.5 Å². The summed E-state index contributed by atoms with van der Waals surface area (Å²) in [5.41, 5.74) is -5.40. The number of carbonyl (C=O) groups excluding carboxylic acids is 1. The van der Waals surface area contributed by atoms with E-state index in [1.54, 1.807) is 6.07 Å². The number of amides is 1. The fourth-order valence-corrected chi connectivity index (χ4v) is 3.93. The molecule has 0 aliphatic carbocycles. The van der Waals surface area contributed by atoms with Gasteiger partial charge < -0.3 is 10.3 Å². The van der Waals surface area contributed by atoms with Gasteiger partial charge in [0.15, 0.2) is 11.4 Å². The number of anilines is 1. The Kier molecular flexibility index (Phi) is 5.93. The van der Waals surface area contributed by atoms with E-state index in [9.17, 15) is 35.9 Å². The second kappa shape index (κ2) is 8.53. The largest absolute Gasteiger partial charge is 0.435 e. The number of rotatable bonds is 4. The Hall–Kier alpha value is -4.10. The van der Waals surface area contributed by atoms with Crippen LogP contribution < -0.4 is 10.9 Å². The van der Waals surface area contributed by atoms with Gasteiger partial charge in [0.1, 0.15) is 17.0 Å². The van der Waals surface area contributed by atoms with E-state index in [-0.39, 0.29) is 33.8 Å². The highest BCUT2D eigenvalue weighted by Crippen LogP contribution is 2.39.